The van der Waals surface area contributed by atoms with Crippen LogP contribution >= 0.6 is 11.8 Å². The number of benzene rings is 3. The van der Waals surface area contributed by atoms with Crippen molar-refractivity contribution in [3.63, 3.8) is 0 Å². The molecular formula is C32H38N6O5S2. The lowest BCUT2D eigenvalue weighted by Crippen LogP contribution is -2.39. The number of thioether (sulfide) groups is 1. The first-order valence-electron chi connectivity index (χ1n) is 14.5. The van der Waals surface area contributed by atoms with Gasteiger partial charge in [0.1, 0.15) is 5.75 Å². The summed E-state index contributed by atoms with van der Waals surface area (Å²) in [5.41, 5.74) is 3.30. The molecule has 1 heterocycles. The molecule has 0 fully saturated rings. The highest BCUT2D eigenvalue weighted by molar-refractivity contribution is 7.99. The standard InChI is InChI=1S/C32H38N6O5S2/c1-6-7-20-33-30(40)37-45(41,42)27-18-12-24(13-19-27)34-28(39)21-44-31-36-35-29(22-8-10-23(11-9-22)32(2,3)4)38(31)25-14-16-26(43-5)17-15-25/h8-19H,6-7,20-21H2,1-5H3,(H,34,39)(H2,33,37,40). The number of anilines is 1. The highest BCUT2D eigenvalue weighted by Gasteiger charge is 2.20. The van der Waals surface area contributed by atoms with Crippen LogP contribution in [-0.2, 0) is 20.2 Å². The Bertz CT molecular complexity index is 1710. The van der Waals surface area contributed by atoms with E-state index < -0.39 is 16.1 Å². The Morgan fingerprint density at radius 2 is 1.60 bits per heavy atom. The van der Waals surface area contributed by atoms with Gasteiger partial charge in [-0.25, -0.2) is 17.9 Å². The summed E-state index contributed by atoms with van der Waals surface area (Å²) in [4.78, 5) is 24.7. The van der Waals surface area contributed by atoms with Crippen LogP contribution in [0.1, 0.15) is 46.1 Å². The van der Waals surface area contributed by atoms with Gasteiger partial charge in [-0.2, -0.15) is 0 Å². The van der Waals surface area contributed by atoms with Crippen molar-refractivity contribution in [1.29, 1.82) is 0 Å². The quantitative estimate of drug-likeness (QED) is 0.130. The van der Waals surface area contributed by atoms with Crippen LogP contribution in [0.3, 0.4) is 0 Å². The smallest absolute Gasteiger partial charge is 0.328 e. The lowest BCUT2D eigenvalue weighted by Gasteiger charge is -2.19. The number of hydrogen-bond acceptors (Lipinski definition) is 8. The van der Waals surface area contributed by atoms with Gasteiger partial charge in [-0.05, 0) is 65.9 Å². The molecular weight excluding hydrogens is 613 g/mol. The number of aromatic nitrogens is 3. The summed E-state index contributed by atoms with van der Waals surface area (Å²) in [6.07, 6.45) is 1.61. The molecule has 0 unspecified atom stereocenters. The summed E-state index contributed by atoms with van der Waals surface area (Å²) in [5.74, 6) is 1.05. The number of sulfonamides is 1. The fourth-order valence-electron chi connectivity index (χ4n) is 4.27. The van der Waals surface area contributed by atoms with Crippen LogP contribution in [0.4, 0.5) is 10.5 Å². The van der Waals surface area contributed by atoms with Crippen LogP contribution in [0.5, 0.6) is 5.75 Å². The number of ether oxygens (including phenoxy) is 1. The second-order valence-electron chi connectivity index (χ2n) is 11.2. The van der Waals surface area contributed by atoms with Crippen LogP contribution in [0.25, 0.3) is 17.1 Å². The third-order valence-electron chi connectivity index (χ3n) is 6.80. The van der Waals surface area contributed by atoms with E-state index in [0.717, 1.165) is 24.1 Å². The number of carbonyl (C=O) groups is 2. The third kappa shape index (κ3) is 8.85. The molecule has 45 heavy (non-hydrogen) atoms. The molecule has 3 amide bonds. The molecule has 238 valence electrons. The maximum absolute atomic E-state index is 12.9. The Morgan fingerprint density at radius 1 is 0.933 bits per heavy atom. The van der Waals surface area contributed by atoms with Gasteiger partial charge in [0.25, 0.3) is 10.0 Å². The lowest BCUT2D eigenvalue weighted by molar-refractivity contribution is -0.113. The van der Waals surface area contributed by atoms with Crippen molar-refractivity contribution >= 4 is 39.4 Å². The van der Waals surface area contributed by atoms with Gasteiger partial charge < -0.3 is 15.4 Å². The Kier molecular flexibility index (Phi) is 10.9. The molecule has 0 aliphatic carbocycles. The minimum atomic E-state index is -4.06. The Balaban J connectivity index is 1.47. The van der Waals surface area contributed by atoms with E-state index in [9.17, 15) is 18.0 Å². The van der Waals surface area contributed by atoms with Crippen molar-refractivity contribution in [1.82, 2.24) is 24.8 Å². The molecule has 0 bridgehead atoms. The normalized spacial score (nSPS) is 11.6. The average molecular weight is 651 g/mol. The van der Waals surface area contributed by atoms with Gasteiger partial charge in [-0.3, -0.25) is 9.36 Å². The summed E-state index contributed by atoms with van der Waals surface area (Å²) in [7, 11) is -2.45. The Hall–Kier alpha value is -4.36. The molecule has 0 saturated carbocycles. The third-order valence-corrected chi connectivity index (χ3v) is 9.07. The minimum Gasteiger partial charge on any atom is -0.497 e. The molecule has 3 N–H and O–H groups in total. The zero-order valence-electron chi connectivity index (χ0n) is 26.0. The zero-order chi connectivity index (χ0) is 32.6. The van der Waals surface area contributed by atoms with Crippen molar-refractivity contribution in [3.8, 4) is 22.8 Å². The molecule has 3 aromatic carbocycles. The van der Waals surface area contributed by atoms with Crippen molar-refractivity contribution in [2.75, 3.05) is 24.7 Å². The number of methoxy groups -OCH3 is 1. The summed E-state index contributed by atoms with van der Waals surface area (Å²) >= 11 is 1.22. The van der Waals surface area contributed by atoms with Crippen LogP contribution < -0.4 is 20.1 Å². The van der Waals surface area contributed by atoms with Gasteiger partial charge >= 0.3 is 6.03 Å². The number of urea groups is 1. The van der Waals surface area contributed by atoms with E-state index >= 15 is 0 Å². The van der Waals surface area contributed by atoms with E-state index in [2.05, 4.69) is 53.7 Å². The first kappa shape index (κ1) is 33.5. The molecule has 0 aliphatic heterocycles. The van der Waals surface area contributed by atoms with E-state index in [-0.39, 0.29) is 22.0 Å². The maximum atomic E-state index is 12.9. The molecule has 11 nitrogen and oxygen atoms in total. The first-order valence-corrected chi connectivity index (χ1v) is 16.9. The lowest BCUT2D eigenvalue weighted by atomic mass is 9.87. The van der Waals surface area contributed by atoms with Crippen LogP contribution in [-0.4, -0.2) is 54.5 Å². The van der Waals surface area contributed by atoms with Crippen molar-refractivity contribution in [2.24, 2.45) is 0 Å². The second-order valence-corrected chi connectivity index (χ2v) is 13.9. The number of unbranched alkanes of at least 4 members (excludes halogenated alkanes) is 1. The number of rotatable bonds is 12. The number of amides is 3. The molecule has 4 rings (SSSR count). The molecule has 0 atom stereocenters. The predicted molar refractivity (Wildman–Crippen MR) is 176 cm³/mol. The van der Waals surface area contributed by atoms with E-state index in [1.807, 2.05) is 52.6 Å². The molecule has 0 spiro atoms. The van der Waals surface area contributed by atoms with Gasteiger partial charge in [-0.15, -0.1) is 10.2 Å². The van der Waals surface area contributed by atoms with E-state index in [0.29, 0.717) is 29.0 Å². The van der Waals surface area contributed by atoms with Crippen molar-refractivity contribution in [2.45, 2.75) is 56.0 Å². The van der Waals surface area contributed by atoms with Crippen molar-refractivity contribution < 1.29 is 22.7 Å². The van der Waals surface area contributed by atoms with Gasteiger partial charge in [0, 0.05) is 23.5 Å². The minimum absolute atomic E-state index is 0.00639. The van der Waals surface area contributed by atoms with Gasteiger partial charge in [-0.1, -0.05) is 70.1 Å². The van der Waals surface area contributed by atoms with E-state index in [4.69, 9.17) is 4.74 Å². The summed E-state index contributed by atoms with van der Waals surface area (Å²) in [5, 5.41) is 14.7. The fraction of sp³-hybridized carbons (Fsp3) is 0.312. The topological polar surface area (TPSA) is 144 Å². The van der Waals surface area contributed by atoms with E-state index in [1.165, 1.54) is 41.6 Å². The highest BCUT2D eigenvalue weighted by atomic mass is 32.2. The number of nitrogens with zero attached hydrogens (tertiary/aromatic N) is 3. The van der Waals surface area contributed by atoms with Crippen LogP contribution in [0.2, 0.25) is 0 Å². The van der Waals surface area contributed by atoms with Gasteiger partial charge in [0.15, 0.2) is 11.0 Å². The summed E-state index contributed by atoms with van der Waals surface area (Å²) in [6.45, 7) is 8.82. The molecule has 1 aromatic heterocycles. The zero-order valence-corrected chi connectivity index (χ0v) is 27.6. The predicted octanol–water partition coefficient (Wildman–Crippen LogP) is 5.76. The first-order chi connectivity index (χ1) is 21.4. The second kappa shape index (κ2) is 14.6. The van der Waals surface area contributed by atoms with E-state index in [1.54, 1.807) is 7.11 Å². The molecule has 0 saturated heterocycles. The number of carbonyl (C=O) groups excluding carboxylic acids is 2. The Morgan fingerprint density at radius 3 is 2.20 bits per heavy atom. The Labute approximate surface area is 268 Å². The summed E-state index contributed by atoms with van der Waals surface area (Å²) < 4.78 is 34.3. The molecule has 0 radical (unpaired) electrons. The summed E-state index contributed by atoms with van der Waals surface area (Å²) in [6, 6.07) is 20.5. The fourth-order valence-corrected chi connectivity index (χ4v) is 5.95. The van der Waals surface area contributed by atoms with Crippen LogP contribution in [0, 0.1) is 0 Å². The molecule has 13 heteroatoms. The largest absolute Gasteiger partial charge is 0.497 e. The molecule has 4 aromatic rings. The van der Waals surface area contributed by atoms with Crippen molar-refractivity contribution in [3.05, 3.63) is 78.4 Å². The molecule has 0 aliphatic rings. The number of hydrogen-bond donors (Lipinski definition) is 3. The number of nitrogens with one attached hydrogen (secondary N) is 3. The highest BCUT2D eigenvalue weighted by Crippen LogP contribution is 2.31. The SMILES string of the molecule is CCCCNC(=O)NS(=O)(=O)c1ccc(NC(=O)CSc2nnc(-c3ccc(C(C)(C)C)cc3)n2-c2ccc(OC)cc2)cc1. The monoisotopic (exact) mass is 650 g/mol. The van der Waals surface area contributed by atoms with Gasteiger partial charge in [0.2, 0.25) is 5.91 Å². The maximum Gasteiger partial charge on any atom is 0.328 e. The average Bonchev–Trinajstić information content (AvgIpc) is 3.44. The van der Waals surface area contributed by atoms with Gasteiger partial charge in [0.05, 0.1) is 17.8 Å². The van der Waals surface area contributed by atoms with Crippen LogP contribution in [0.15, 0.2) is 82.8 Å².